The Balaban J connectivity index is 1.47. The van der Waals surface area contributed by atoms with Gasteiger partial charge in [-0.15, -0.1) is 11.8 Å². The minimum absolute atomic E-state index is 0.0477. The van der Waals surface area contributed by atoms with Crippen molar-refractivity contribution in [2.24, 2.45) is 0 Å². The van der Waals surface area contributed by atoms with Gasteiger partial charge in [-0.2, -0.15) is 0 Å². The van der Waals surface area contributed by atoms with Gasteiger partial charge in [0.05, 0.1) is 24.9 Å². The Bertz CT molecular complexity index is 912. The van der Waals surface area contributed by atoms with Gasteiger partial charge in [0.15, 0.2) is 0 Å². The van der Waals surface area contributed by atoms with Gasteiger partial charge in [0.2, 0.25) is 5.91 Å². The van der Waals surface area contributed by atoms with Crippen molar-refractivity contribution in [3.05, 3.63) is 54.1 Å². The Hall–Kier alpha value is -2.51. The molecule has 0 aliphatic carbocycles. The number of hydrogen-bond donors (Lipinski definition) is 0. The van der Waals surface area contributed by atoms with Crippen LogP contribution in [0.1, 0.15) is 17.3 Å². The summed E-state index contributed by atoms with van der Waals surface area (Å²) in [6, 6.07) is 15.5. The fourth-order valence-electron chi connectivity index (χ4n) is 4.12. The minimum Gasteiger partial charge on any atom is -0.378 e. The molecular weight excluding hydrogens is 398 g/mol. The van der Waals surface area contributed by atoms with Crippen LogP contribution in [0.25, 0.3) is 0 Å². The van der Waals surface area contributed by atoms with Crippen LogP contribution in [0.5, 0.6) is 0 Å². The molecule has 0 saturated carbocycles. The first-order valence-corrected chi connectivity index (χ1v) is 11.5. The summed E-state index contributed by atoms with van der Waals surface area (Å²) in [5, 5.41) is 0. The molecule has 2 fully saturated rings. The number of rotatable bonds is 4. The number of carbonyl (C=O) groups is 2. The Labute approximate surface area is 181 Å². The highest BCUT2D eigenvalue weighted by Gasteiger charge is 2.34. The zero-order chi connectivity index (χ0) is 21.1. The smallest absolute Gasteiger partial charge is 0.254 e. The lowest BCUT2D eigenvalue weighted by molar-refractivity contribution is -0.121. The molecule has 6 nitrogen and oxygen atoms in total. The molecule has 0 N–H and O–H groups in total. The molecule has 0 bridgehead atoms. The van der Waals surface area contributed by atoms with Gasteiger partial charge in [0.1, 0.15) is 6.54 Å². The van der Waals surface area contributed by atoms with Crippen molar-refractivity contribution in [2.75, 3.05) is 55.4 Å². The molecule has 1 unspecified atom stereocenters. The van der Waals surface area contributed by atoms with E-state index in [2.05, 4.69) is 4.90 Å². The predicted octanol–water partition coefficient (Wildman–Crippen LogP) is 3.12. The Morgan fingerprint density at radius 2 is 1.77 bits per heavy atom. The highest BCUT2D eigenvalue weighted by molar-refractivity contribution is 7.98. The maximum Gasteiger partial charge on any atom is 0.254 e. The lowest BCUT2D eigenvalue weighted by Crippen LogP contribution is -2.57. The summed E-state index contributed by atoms with van der Waals surface area (Å²) < 4.78 is 5.40. The first-order chi connectivity index (χ1) is 14.6. The van der Waals surface area contributed by atoms with Gasteiger partial charge in [0, 0.05) is 35.8 Å². The fraction of sp³-hybridized carbons (Fsp3) is 0.391. The van der Waals surface area contributed by atoms with Crippen molar-refractivity contribution in [3.63, 3.8) is 0 Å². The number of thioether (sulfide) groups is 1. The molecule has 2 aliphatic heterocycles. The van der Waals surface area contributed by atoms with Crippen LogP contribution in [-0.4, -0.2) is 68.4 Å². The van der Waals surface area contributed by atoms with Crippen molar-refractivity contribution >= 4 is 35.0 Å². The summed E-state index contributed by atoms with van der Waals surface area (Å²) >= 11 is 1.62. The van der Waals surface area contributed by atoms with E-state index in [0.717, 1.165) is 42.6 Å². The third-order valence-electron chi connectivity index (χ3n) is 5.64. The van der Waals surface area contributed by atoms with Crippen LogP contribution in [0.4, 0.5) is 11.4 Å². The first-order valence-electron chi connectivity index (χ1n) is 10.3. The summed E-state index contributed by atoms with van der Waals surface area (Å²) in [5.41, 5.74) is 2.63. The van der Waals surface area contributed by atoms with Crippen LogP contribution in [-0.2, 0) is 9.53 Å². The molecule has 2 amide bonds. The minimum atomic E-state index is -0.0958. The van der Waals surface area contributed by atoms with E-state index < -0.39 is 0 Å². The molecule has 4 rings (SSSR count). The molecular formula is C23H27N3O3S. The van der Waals surface area contributed by atoms with Crippen LogP contribution in [0.15, 0.2) is 53.4 Å². The largest absolute Gasteiger partial charge is 0.378 e. The molecule has 0 radical (unpaired) electrons. The van der Waals surface area contributed by atoms with Crippen molar-refractivity contribution in [1.29, 1.82) is 0 Å². The fourth-order valence-corrected chi connectivity index (χ4v) is 4.71. The van der Waals surface area contributed by atoms with Gasteiger partial charge < -0.3 is 19.4 Å². The van der Waals surface area contributed by atoms with Crippen molar-refractivity contribution in [1.82, 2.24) is 4.90 Å². The number of hydrogen-bond acceptors (Lipinski definition) is 5. The molecule has 2 aromatic rings. The second-order valence-corrected chi connectivity index (χ2v) is 8.46. The van der Waals surface area contributed by atoms with Gasteiger partial charge in [-0.05, 0) is 49.6 Å². The van der Waals surface area contributed by atoms with Crippen molar-refractivity contribution in [3.8, 4) is 0 Å². The number of nitrogens with zero attached hydrogens (tertiary/aromatic N) is 3. The molecule has 2 saturated heterocycles. The molecule has 30 heavy (non-hydrogen) atoms. The Morgan fingerprint density at radius 1 is 1.07 bits per heavy atom. The Morgan fingerprint density at radius 3 is 2.43 bits per heavy atom. The van der Waals surface area contributed by atoms with E-state index in [-0.39, 0.29) is 24.4 Å². The van der Waals surface area contributed by atoms with Gasteiger partial charge in [-0.3, -0.25) is 9.59 Å². The maximum absolute atomic E-state index is 13.1. The number of amides is 2. The molecule has 1 atom stereocenters. The number of morpholine rings is 1. The monoisotopic (exact) mass is 425 g/mol. The molecule has 2 aromatic carbocycles. The third kappa shape index (κ3) is 4.18. The van der Waals surface area contributed by atoms with Gasteiger partial charge in [-0.25, -0.2) is 0 Å². The van der Waals surface area contributed by atoms with Gasteiger partial charge in [-0.1, -0.05) is 12.1 Å². The average molecular weight is 426 g/mol. The zero-order valence-electron chi connectivity index (χ0n) is 17.4. The van der Waals surface area contributed by atoms with Gasteiger partial charge >= 0.3 is 0 Å². The lowest BCUT2D eigenvalue weighted by Gasteiger charge is -2.40. The second kappa shape index (κ2) is 9.10. The van der Waals surface area contributed by atoms with E-state index in [1.165, 1.54) is 0 Å². The summed E-state index contributed by atoms with van der Waals surface area (Å²) in [7, 11) is 0. The van der Waals surface area contributed by atoms with Crippen LogP contribution >= 0.6 is 11.8 Å². The summed E-state index contributed by atoms with van der Waals surface area (Å²) in [6.07, 6.45) is 2.01. The van der Waals surface area contributed by atoms with E-state index in [1.54, 1.807) is 16.7 Å². The standard InChI is InChI=1S/C23H27N3O3S/c1-17-15-25(16-22(27)26(17)20-5-3-4-6-21(20)30-2)23(28)18-7-9-19(10-8-18)24-11-13-29-14-12-24/h3-10,17H,11-16H2,1-2H3. The van der Waals surface area contributed by atoms with Crippen molar-refractivity contribution < 1.29 is 14.3 Å². The zero-order valence-corrected chi connectivity index (χ0v) is 18.2. The lowest BCUT2D eigenvalue weighted by atomic mass is 10.1. The number of anilines is 2. The maximum atomic E-state index is 13.1. The number of benzene rings is 2. The molecule has 0 spiro atoms. The summed E-state index contributed by atoms with van der Waals surface area (Å²) in [4.78, 5) is 32.9. The van der Waals surface area contributed by atoms with Crippen LogP contribution < -0.4 is 9.80 Å². The average Bonchev–Trinajstić information content (AvgIpc) is 2.79. The normalized spacial score (nSPS) is 19.9. The van der Waals surface area contributed by atoms with Gasteiger partial charge in [0.25, 0.3) is 5.91 Å². The highest BCUT2D eigenvalue weighted by atomic mass is 32.2. The molecule has 7 heteroatoms. The van der Waals surface area contributed by atoms with Crippen LogP contribution in [0.2, 0.25) is 0 Å². The first kappa shape index (κ1) is 20.8. The van der Waals surface area contributed by atoms with E-state index in [9.17, 15) is 9.59 Å². The number of carbonyl (C=O) groups excluding carboxylic acids is 2. The highest BCUT2D eigenvalue weighted by Crippen LogP contribution is 2.31. The van der Waals surface area contributed by atoms with Crippen LogP contribution in [0.3, 0.4) is 0 Å². The molecule has 2 heterocycles. The molecule has 2 aliphatic rings. The quantitative estimate of drug-likeness (QED) is 0.705. The van der Waals surface area contributed by atoms with E-state index in [4.69, 9.17) is 4.74 Å². The summed E-state index contributed by atoms with van der Waals surface area (Å²) in [6.45, 7) is 5.78. The Kier molecular flexibility index (Phi) is 6.29. The second-order valence-electron chi connectivity index (χ2n) is 7.62. The topological polar surface area (TPSA) is 53.1 Å². The number of ether oxygens (including phenoxy) is 1. The number of piperazine rings is 1. The van der Waals surface area contributed by atoms with Crippen LogP contribution in [0, 0.1) is 0 Å². The third-order valence-corrected chi connectivity index (χ3v) is 6.43. The predicted molar refractivity (Wildman–Crippen MR) is 121 cm³/mol. The van der Waals surface area contributed by atoms with E-state index >= 15 is 0 Å². The van der Waals surface area contributed by atoms with E-state index in [0.29, 0.717) is 12.1 Å². The molecule has 158 valence electrons. The SMILES string of the molecule is CSc1ccccc1N1C(=O)CN(C(=O)c2ccc(N3CCOCC3)cc2)CC1C. The molecule has 0 aromatic heterocycles. The number of para-hydroxylation sites is 1. The van der Waals surface area contributed by atoms with Crippen molar-refractivity contribution in [2.45, 2.75) is 17.9 Å². The van der Waals surface area contributed by atoms with E-state index in [1.807, 2.05) is 66.6 Å². The summed E-state index contributed by atoms with van der Waals surface area (Å²) in [5.74, 6) is -0.143.